The maximum Gasteiger partial charge on any atom is 0.0730 e. The maximum absolute atomic E-state index is 4.93. The fourth-order valence-corrected chi connectivity index (χ4v) is 3.44. The Morgan fingerprint density at radius 2 is 1.44 bits per heavy atom. The highest BCUT2D eigenvalue weighted by atomic mass is 14.7. The third-order valence-electron chi connectivity index (χ3n) is 4.81. The number of hydrogen-bond acceptors (Lipinski definition) is 1. The Kier molecular flexibility index (Phi) is 3.80. The monoisotopic (exact) mass is 346 g/mol. The Morgan fingerprint density at radius 3 is 2.30 bits per heavy atom. The molecule has 2 heteroatoms. The summed E-state index contributed by atoms with van der Waals surface area (Å²) >= 11 is 0. The van der Waals surface area contributed by atoms with Gasteiger partial charge in [-0.1, -0.05) is 72.8 Å². The number of hydrogen-bond donors (Lipinski definition) is 1. The zero-order chi connectivity index (χ0) is 18.1. The van der Waals surface area contributed by atoms with Crippen LogP contribution in [0.2, 0.25) is 0 Å². The number of para-hydroxylation sites is 2. The minimum Gasteiger partial charge on any atom is -0.354 e. The molecule has 0 aliphatic heterocycles. The highest BCUT2D eigenvalue weighted by Gasteiger charge is 2.11. The third kappa shape index (κ3) is 3.02. The zero-order valence-corrected chi connectivity index (χ0v) is 14.8. The van der Waals surface area contributed by atoms with Crippen molar-refractivity contribution in [1.82, 2.24) is 9.97 Å². The van der Waals surface area contributed by atoms with Gasteiger partial charge >= 0.3 is 0 Å². The van der Waals surface area contributed by atoms with E-state index in [0.717, 1.165) is 38.9 Å². The summed E-state index contributed by atoms with van der Waals surface area (Å²) in [5, 5.41) is 2.35. The number of nitrogens with one attached hydrogen (secondary N) is 1. The quantitative estimate of drug-likeness (QED) is 0.408. The Bertz CT molecular complexity index is 1230. The van der Waals surface area contributed by atoms with Crippen LogP contribution < -0.4 is 0 Å². The highest BCUT2D eigenvalue weighted by Crippen LogP contribution is 2.28. The first-order valence-corrected chi connectivity index (χ1v) is 9.08. The van der Waals surface area contributed by atoms with Crippen molar-refractivity contribution in [3.05, 3.63) is 114 Å². The first-order chi connectivity index (χ1) is 13.4. The molecule has 0 bridgehead atoms. The molecule has 5 rings (SSSR count). The minimum atomic E-state index is 0.962. The predicted octanol–water partition coefficient (Wildman–Crippen LogP) is 6.31. The van der Waals surface area contributed by atoms with Crippen molar-refractivity contribution in [2.45, 2.75) is 0 Å². The van der Waals surface area contributed by atoms with Crippen LogP contribution >= 0.6 is 0 Å². The van der Waals surface area contributed by atoms with Crippen LogP contribution in [-0.2, 0) is 0 Å². The molecule has 0 saturated carbocycles. The zero-order valence-electron chi connectivity index (χ0n) is 14.8. The minimum absolute atomic E-state index is 0.962. The Hall–Kier alpha value is -3.65. The van der Waals surface area contributed by atoms with Gasteiger partial charge in [0, 0.05) is 27.6 Å². The lowest BCUT2D eigenvalue weighted by Gasteiger charge is -2.08. The Balaban J connectivity index is 1.73. The van der Waals surface area contributed by atoms with Gasteiger partial charge in [0.05, 0.1) is 11.2 Å². The molecule has 0 radical (unpaired) electrons. The number of aromatic nitrogens is 2. The van der Waals surface area contributed by atoms with E-state index in [1.54, 1.807) is 0 Å². The lowest BCUT2D eigenvalue weighted by molar-refractivity contribution is 1.31. The van der Waals surface area contributed by atoms with E-state index in [2.05, 4.69) is 89.9 Å². The van der Waals surface area contributed by atoms with Gasteiger partial charge in [-0.3, -0.25) is 0 Å². The van der Waals surface area contributed by atoms with E-state index in [0.29, 0.717) is 0 Å². The van der Waals surface area contributed by atoms with Gasteiger partial charge in [-0.25, -0.2) is 4.98 Å². The molecule has 5 aromatic rings. The van der Waals surface area contributed by atoms with Crippen LogP contribution in [0.4, 0.5) is 0 Å². The normalized spacial score (nSPS) is 11.9. The fourth-order valence-electron chi connectivity index (χ4n) is 3.44. The molecule has 0 fully saturated rings. The van der Waals surface area contributed by atoms with Crippen LogP contribution in [-0.4, -0.2) is 9.97 Å². The van der Waals surface area contributed by atoms with Gasteiger partial charge in [-0.05, 0) is 35.9 Å². The number of benzene rings is 3. The fraction of sp³-hybridized carbons (Fsp3) is 0. The van der Waals surface area contributed by atoms with Crippen LogP contribution in [0.1, 0.15) is 17.0 Å². The molecule has 0 aliphatic carbocycles. The largest absolute Gasteiger partial charge is 0.354 e. The lowest BCUT2D eigenvalue weighted by Crippen LogP contribution is -1.93. The predicted molar refractivity (Wildman–Crippen MR) is 113 cm³/mol. The van der Waals surface area contributed by atoms with Crippen molar-refractivity contribution < 1.29 is 0 Å². The van der Waals surface area contributed by atoms with Gasteiger partial charge in [0.15, 0.2) is 0 Å². The van der Waals surface area contributed by atoms with E-state index >= 15 is 0 Å². The summed E-state index contributed by atoms with van der Waals surface area (Å²) in [6, 6.07) is 33.4. The lowest BCUT2D eigenvalue weighted by atomic mass is 10.0. The number of H-pyrrole nitrogens is 1. The van der Waals surface area contributed by atoms with Crippen molar-refractivity contribution in [2.75, 3.05) is 0 Å². The maximum atomic E-state index is 4.93. The molecule has 128 valence electrons. The smallest absolute Gasteiger partial charge is 0.0730 e. The summed E-state index contributed by atoms with van der Waals surface area (Å²) < 4.78 is 0. The topological polar surface area (TPSA) is 28.7 Å². The van der Waals surface area contributed by atoms with Crippen molar-refractivity contribution in [2.24, 2.45) is 0 Å². The summed E-state index contributed by atoms with van der Waals surface area (Å²) in [6.07, 6.45) is 2.20. The summed E-state index contributed by atoms with van der Waals surface area (Å²) in [5.74, 6) is 0. The molecule has 1 N–H and O–H groups in total. The van der Waals surface area contributed by atoms with E-state index in [9.17, 15) is 0 Å². The molecule has 2 heterocycles. The van der Waals surface area contributed by atoms with E-state index in [4.69, 9.17) is 4.98 Å². The highest BCUT2D eigenvalue weighted by molar-refractivity contribution is 5.95. The third-order valence-corrected chi connectivity index (χ3v) is 4.81. The van der Waals surface area contributed by atoms with Gasteiger partial charge in [-0.2, -0.15) is 0 Å². The van der Waals surface area contributed by atoms with Crippen LogP contribution in [0.15, 0.2) is 97.1 Å². The average Bonchev–Trinajstić information content (AvgIpc) is 3.16. The van der Waals surface area contributed by atoms with Crippen LogP contribution in [0.5, 0.6) is 0 Å². The first kappa shape index (κ1) is 15.6. The molecule has 0 atom stereocenters. The Morgan fingerprint density at radius 1 is 0.704 bits per heavy atom. The summed E-state index contributed by atoms with van der Waals surface area (Å²) in [5.41, 5.74) is 6.41. The molecule has 0 saturated heterocycles. The van der Waals surface area contributed by atoms with Crippen molar-refractivity contribution in [3.63, 3.8) is 0 Å². The summed E-state index contributed by atoms with van der Waals surface area (Å²) in [7, 11) is 0. The number of fused-ring (bicyclic) bond motifs is 2. The second kappa shape index (κ2) is 6.58. The van der Waals surface area contributed by atoms with Crippen LogP contribution in [0, 0.1) is 0 Å². The van der Waals surface area contributed by atoms with E-state index in [-0.39, 0.29) is 0 Å². The second-order valence-corrected chi connectivity index (χ2v) is 6.63. The van der Waals surface area contributed by atoms with E-state index < -0.39 is 0 Å². The molecule has 0 unspecified atom stereocenters. The molecule has 0 aliphatic rings. The average molecular weight is 346 g/mol. The number of aromatic amines is 1. The van der Waals surface area contributed by atoms with E-state index in [1.807, 2.05) is 18.2 Å². The van der Waals surface area contributed by atoms with Gasteiger partial charge in [0.25, 0.3) is 0 Å². The number of pyridine rings is 1. The molecular formula is C25H18N2. The van der Waals surface area contributed by atoms with Crippen molar-refractivity contribution in [1.29, 1.82) is 0 Å². The molecule has 0 spiro atoms. The standard InChI is InChI=1S/C25H18N2/c1-2-8-18(9-3-1)16-21(25-17-20-11-5-7-13-23(20)27-25)24-15-14-19-10-4-6-12-22(19)26-24/h1-17,27H. The van der Waals surface area contributed by atoms with Crippen LogP contribution in [0.3, 0.4) is 0 Å². The van der Waals surface area contributed by atoms with Gasteiger partial charge < -0.3 is 4.98 Å². The first-order valence-electron chi connectivity index (χ1n) is 9.08. The van der Waals surface area contributed by atoms with Crippen LogP contribution in [0.25, 0.3) is 33.5 Å². The second-order valence-electron chi connectivity index (χ2n) is 6.63. The van der Waals surface area contributed by atoms with E-state index in [1.165, 1.54) is 5.39 Å². The van der Waals surface area contributed by atoms with Gasteiger partial charge in [0.2, 0.25) is 0 Å². The SMILES string of the molecule is C(=C(c1ccc2ccccc2n1)c1cc2ccccc2[nH]1)c1ccccc1. The molecule has 27 heavy (non-hydrogen) atoms. The van der Waals surface area contributed by atoms with Gasteiger partial charge in [-0.15, -0.1) is 0 Å². The molecule has 0 amide bonds. The van der Waals surface area contributed by atoms with Crippen molar-refractivity contribution in [3.8, 4) is 0 Å². The Labute approximate surface area is 157 Å². The number of nitrogens with zero attached hydrogens (tertiary/aromatic N) is 1. The summed E-state index contributed by atoms with van der Waals surface area (Å²) in [6.45, 7) is 0. The van der Waals surface area contributed by atoms with Gasteiger partial charge in [0.1, 0.15) is 0 Å². The van der Waals surface area contributed by atoms with Crippen molar-refractivity contribution >= 4 is 33.5 Å². The molecule has 3 aromatic carbocycles. The summed E-state index contributed by atoms with van der Waals surface area (Å²) in [4.78, 5) is 8.48. The molecule has 2 nitrogen and oxygen atoms in total. The molecule has 2 aromatic heterocycles. The molecular weight excluding hydrogens is 328 g/mol. The number of rotatable bonds is 3.